The highest BCUT2D eigenvalue weighted by Gasteiger charge is 2.30. The summed E-state index contributed by atoms with van der Waals surface area (Å²) in [5.74, 6) is 1.81. The standard InChI is InChI=1S/C36H54N2O2.Al/c1-33(2,3)25-17-23(31(39)27(19-25)35(7,8)9)21-37-29-15-13-14-16-30(29)38-22-24-18-26(34(4,5)6)20-28(32(24)40)36(10,11)12;/h17-22,29-30,39-40H,13-16H2,1-12H3;/q;+2/p-2. The Hall–Kier alpha value is -2.09. The molecule has 5 heteroatoms. The number of hydrogen-bond donors (Lipinski definition) is 0. The van der Waals surface area contributed by atoms with Gasteiger partial charge in [0.15, 0.2) is 0 Å². The monoisotopic (exact) mass is 571 g/mol. The molecular formula is C36H52AlN2O2. The lowest BCUT2D eigenvalue weighted by Gasteiger charge is -2.30. The van der Waals surface area contributed by atoms with Gasteiger partial charge in [0.2, 0.25) is 0 Å². The Morgan fingerprint density at radius 3 is 1.24 bits per heavy atom. The van der Waals surface area contributed by atoms with Crippen molar-refractivity contribution < 1.29 is 7.58 Å². The molecule has 2 aromatic carbocycles. The van der Waals surface area contributed by atoms with Crippen molar-refractivity contribution in [3.05, 3.63) is 57.6 Å². The van der Waals surface area contributed by atoms with Crippen LogP contribution in [0, 0.1) is 0 Å². The van der Waals surface area contributed by atoms with Crippen LogP contribution in [0.4, 0.5) is 0 Å². The van der Waals surface area contributed by atoms with Crippen LogP contribution >= 0.6 is 0 Å². The molecule has 4 nitrogen and oxygen atoms in total. The summed E-state index contributed by atoms with van der Waals surface area (Å²) in [6.45, 7) is 27.2. The number of aliphatic imine (C=N–C) groups is 2. The molecule has 1 aliphatic carbocycles. The second kappa shape index (κ2) is 11.5. The molecule has 1 fully saturated rings. The van der Waals surface area contributed by atoms with Gasteiger partial charge in [0.05, 0.1) is 23.6 Å². The van der Waals surface area contributed by atoms with Crippen molar-refractivity contribution in [3.8, 4) is 11.5 Å². The molecule has 1 saturated carbocycles. The van der Waals surface area contributed by atoms with Crippen LogP contribution in [-0.4, -0.2) is 40.4 Å². The number of nitrogens with zero attached hydrogens (tertiary/aromatic N) is 2. The van der Waals surface area contributed by atoms with Crippen LogP contribution in [0.2, 0.25) is 0 Å². The second-order valence-corrected chi connectivity index (χ2v) is 16.9. The summed E-state index contributed by atoms with van der Waals surface area (Å²) in [4.78, 5) is 10.4. The van der Waals surface area contributed by atoms with Crippen LogP contribution in [0.3, 0.4) is 0 Å². The van der Waals surface area contributed by atoms with Crippen LogP contribution < -0.4 is 7.58 Å². The molecule has 2 atom stereocenters. The maximum Gasteiger partial charge on any atom is 0.881 e. The smallest absolute Gasteiger partial charge is 0.615 e. The van der Waals surface area contributed by atoms with Crippen molar-refractivity contribution in [3.63, 3.8) is 0 Å². The van der Waals surface area contributed by atoms with Gasteiger partial charge in [-0.1, -0.05) is 108 Å². The summed E-state index contributed by atoms with van der Waals surface area (Å²) in [5, 5.41) is 0. The molecule has 0 bridgehead atoms. The molecule has 0 saturated heterocycles. The first-order valence-electron chi connectivity index (χ1n) is 15.4. The average molecular weight is 572 g/mol. The highest BCUT2D eigenvalue weighted by molar-refractivity contribution is 6.21. The van der Waals surface area contributed by atoms with Crippen LogP contribution in [0.1, 0.15) is 142 Å². The Kier molecular flexibility index (Phi) is 8.96. The third kappa shape index (κ3) is 7.47. The molecule has 2 unspecified atom stereocenters. The molecule has 41 heavy (non-hydrogen) atoms. The van der Waals surface area contributed by atoms with Gasteiger partial charge in [-0.2, -0.15) is 0 Å². The number of hydrogen-bond acceptors (Lipinski definition) is 4. The molecule has 0 amide bonds. The van der Waals surface area contributed by atoms with Gasteiger partial charge in [0.1, 0.15) is 0 Å². The maximum atomic E-state index is 6.71. The minimum atomic E-state index is -0.818. The van der Waals surface area contributed by atoms with E-state index in [1.165, 1.54) is 35.1 Å². The van der Waals surface area contributed by atoms with E-state index in [4.69, 9.17) is 17.6 Å². The van der Waals surface area contributed by atoms with E-state index >= 15 is 0 Å². The van der Waals surface area contributed by atoms with Crippen LogP contribution in [0.5, 0.6) is 11.5 Å². The predicted octanol–water partition coefficient (Wildman–Crippen LogP) is 9.03. The fourth-order valence-corrected chi connectivity index (χ4v) is 6.42. The van der Waals surface area contributed by atoms with Crippen molar-refractivity contribution >= 4 is 28.3 Å². The molecule has 0 spiro atoms. The normalized spacial score (nSPS) is 20.2. The van der Waals surface area contributed by atoms with Gasteiger partial charge in [0.25, 0.3) is 0 Å². The molecule has 1 aliphatic heterocycles. The first kappa shape index (κ1) is 31.8. The largest absolute Gasteiger partial charge is 0.881 e. The van der Waals surface area contributed by atoms with Gasteiger partial charge in [-0.05, 0) is 68.9 Å². The summed E-state index contributed by atoms with van der Waals surface area (Å²) >= 11 is -0.818. The zero-order valence-corrected chi connectivity index (χ0v) is 28.9. The molecule has 1 radical (unpaired) electrons. The minimum Gasteiger partial charge on any atom is -0.615 e. The average Bonchev–Trinajstić information content (AvgIpc) is 2.85. The molecule has 0 aromatic heterocycles. The Morgan fingerprint density at radius 2 is 0.927 bits per heavy atom. The summed E-state index contributed by atoms with van der Waals surface area (Å²) < 4.78 is 13.4. The summed E-state index contributed by atoms with van der Waals surface area (Å²) in [6.07, 6.45) is 8.65. The molecular weight excluding hydrogens is 519 g/mol. The SMILES string of the molecule is CC(C)(C)c1cc2c(c(C(C)(C)C)c1)[O][Al][O]c1c(cc(C(C)(C)C)cc1C(C)(C)C)C=NC1CCCCC1N=C2. The summed E-state index contributed by atoms with van der Waals surface area (Å²) in [6, 6.07) is 9.54. The number of fused-ring (bicyclic) bond motifs is 3. The van der Waals surface area contributed by atoms with E-state index in [0.717, 1.165) is 35.5 Å². The van der Waals surface area contributed by atoms with E-state index in [-0.39, 0.29) is 33.7 Å². The molecule has 0 N–H and O–H groups in total. The Balaban J connectivity index is 1.95. The van der Waals surface area contributed by atoms with Crippen molar-refractivity contribution in [1.82, 2.24) is 0 Å². The second-order valence-electron chi connectivity index (χ2n) is 16.2. The zero-order valence-electron chi connectivity index (χ0n) is 27.7. The first-order chi connectivity index (χ1) is 18.9. The van der Waals surface area contributed by atoms with Gasteiger partial charge in [-0.15, -0.1) is 0 Å². The fourth-order valence-electron chi connectivity index (χ4n) is 5.65. The Morgan fingerprint density at radius 1 is 0.561 bits per heavy atom. The predicted molar refractivity (Wildman–Crippen MR) is 176 cm³/mol. The highest BCUT2D eigenvalue weighted by atomic mass is 27.2. The van der Waals surface area contributed by atoms with Crippen molar-refractivity contribution in [1.29, 1.82) is 0 Å². The molecule has 2 aliphatic rings. The van der Waals surface area contributed by atoms with E-state index in [1.807, 2.05) is 0 Å². The zero-order chi connectivity index (χ0) is 30.4. The lowest BCUT2D eigenvalue weighted by atomic mass is 9.79. The quantitative estimate of drug-likeness (QED) is 0.296. The highest BCUT2D eigenvalue weighted by Crippen LogP contribution is 2.40. The summed E-state index contributed by atoms with van der Waals surface area (Å²) in [7, 11) is 0. The van der Waals surface area contributed by atoms with E-state index in [0.29, 0.717) is 0 Å². The molecule has 1 heterocycles. The first-order valence-corrected chi connectivity index (χ1v) is 16.4. The van der Waals surface area contributed by atoms with Gasteiger partial charge in [0, 0.05) is 23.6 Å². The molecule has 4 rings (SSSR count). The lowest BCUT2D eigenvalue weighted by Crippen LogP contribution is -2.27. The van der Waals surface area contributed by atoms with Crippen LogP contribution in [-0.2, 0) is 21.7 Å². The maximum absolute atomic E-state index is 6.71. The molecule has 221 valence electrons. The van der Waals surface area contributed by atoms with E-state index in [9.17, 15) is 0 Å². The Labute approximate surface area is 256 Å². The van der Waals surface area contributed by atoms with Gasteiger partial charge < -0.3 is 7.58 Å². The summed E-state index contributed by atoms with van der Waals surface area (Å²) in [5.41, 5.74) is 6.91. The van der Waals surface area contributed by atoms with Gasteiger partial charge >= 0.3 is 15.9 Å². The number of rotatable bonds is 0. The van der Waals surface area contributed by atoms with Crippen LogP contribution in [0.25, 0.3) is 0 Å². The van der Waals surface area contributed by atoms with E-state index in [1.54, 1.807) is 0 Å². The minimum absolute atomic E-state index is 0.0103. The fraction of sp³-hybridized carbons (Fsp3) is 0.611. The van der Waals surface area contributed by atoms with Gasteiger partial charge in [-0.3, -0.25) is 9.98 Å². The van der Waals surface area contributed by atoms with Crippen molar-refractivity contribution in [2.45, 2.75) is 143 Å². The lowest BCUT2D eigenvalue weighted by molar-refractivity contribution is 0.390. The van der Waals surface area contributed by atoms with E-state index < -0.39 is 15.9 Å². The Bertz CT molecular complexity index is 1210. The van der Waals surface area contributed by atoms with Crippen LogP contribution in [0.15, 0.2) is 34.3 Å². The van der Waals surface area contributed by atoms with Gasteiger partial charge in [-0.25, -0.2) is 0 Å². The third-order valence-electron chi connectivity index (χ3n) is 8.42. The van der Waals surface area contributed by atoms with Crippen molar-refractivity contribution in [2.24, 2.45) is 9.98 Å². The number of benzene rings is 2. The topological polar surface area (TPSA) is 43.2 Å². The molecule has 2 aromatic rings. The van der Waals surface area contributed by atoms with Crippen molar-refractivity contribution in [2.75, 3.05) is 0 Å². The van der Waals surface area contributed by atoms with E-state index in [2.05, 4.69) is 120 Å². The third-order valence-corrected chi connectivity index (χ3v) is 9.08.